The van der Waals surface area contributed by atoms with Crippen molar-refractivity contribution in [2.45, 2.75) is 139 Å². The summed E-state index contributed by atoms with van der Waals surface area (Å²) in [6, 6.07) is 0. The summed E-state index contributed by atoms with van der Waals surface area (Å²) in [5, 5.41) is 21.4. The smallest absolute Gasteiger partial charge is 0.0647 e. The number of methoxy groups -OCH3 is 1. The average molecular weight is 1200 g/mol. The van der Waals surface area contributed by atoms with E-state index >= 15 is 0 Å². The molecule has 3 aliphatic rings. The number of aliphatic imine (C=N–C) groups is 3. The van der Waals surface area contributed by atoms with Gasteiger partial charge in [0.1, 0.15) is 0 Å². The molecule has 0 radical (unpaired) electrons. The minimum atomic E-state index is 0.152. The van der Waals surface area contributed by atoms with Crippen LogP contribution in [-0.4, -0.2) is 238 Å². The third kappa shape index (κ3) is 34.1. The number of likely N-dealkylation sites (N-methyl/N-ethyl adjacent to an activating group) is 4. The van der Waals surface area contributed by atoms with E-state index < -0.39 is 0 Å². The maximum absolute atomic E-state index is 5.53. The predicted molar refractivity (Wildman–Crippen MR) is 369 cm³/mol. The van der Waals surface area contributed by atoms with Gasteiger partial charge in [0.2, 0.25) is 0 Å². The second-order valence-corrected chi connectivity index (χ2v) is 24.8. The molecule has 3 aromatic heterocycles. The van der Waals surface area contributed by atoms with Crippen LogP contribution in [0.4, 0.5) is 0 Å². The van der Waals surface area contributed by atoms with Crippen molar-refractivity contribution < 1.29 is 4.74 Å². The van der Waals surface area contributed by atoms with Crippen molar-refractivity contribution in [2.75, 3.05) is 161 Å². The van der Waals surface area contributed by atoms with Crippen LogP contribution in [0, 0.1) is 5.92 Å². The molecule has 20 nitrogen and oxygen atoms in total. The van der Waals surface area contributed by atoms with Crippen molar-refractivity contribution in [3.8, 4) is 0 Å². The van der Waals surface area contributed by atoms with E-state index in [0.717, 1.165) is 136 Å². The van der Waals surface area contributed by atoms with Crippen molar-refractivity contribution in [1.82, 2.24) is 60.0 Å². The molecule has 6 heterocycles. The number of nitrogens with two attached hydrogens (primary N) is 4. The van der Waals surface area contributed by atoms with Gasteiger partial charge in [-0.2, -0.15) is 15.3 Å². The van der Waals surface area contributed by atoms with E-state index in [9.17, 15) is 0 Å². The molecule has 20 heteroatoms. The minimum absolute atomic E-state index is 0.152. The molecule has 0 spiro atoms. The molecule has 6 rings (SSSR count). The van der Waals surface area contributed by atoms with E-state index in [2.05, 4.69) is 205 Å². The molecule has 0 amide bonds. The summed E-state index contributed by atoms with van der Waals surface area (Å²) < 4.78 is 4.95. The van der Waals surface area contributed by atoms with Crippen LogP contribution in [0.2, 0.25) is 0 Å². The van der Waals surface area contributed by atoms with Gasteiger partial charge < -0.3 is 57.1 Å². The zero-order valence-corrected chi connectivity index (χ0v) is 57.5. The molecule has 0 saturated heterocycles. The first-order chi connectivity index (χ1) is 41.0. The van der Waals surface area contributed by atoms with Crippen LogP contribution in [0.5, 0.6) is 0 Å². The summed E-state index contributed by atoms with van der Waals surface area (Å²) in [4.78, 5) is 26.9. The van der Waals surface area contributed by atoms with Gasteiger partial charge in [-0.3, -0.25) is 30.3 Å². The summed E-state index contributed by atoms with van der Waals surface area (Å²) in [5.41, 5.74) is 37.4. The number of nitrogens with zero attached hydrogens (tertiary/aromatic N) is 12. The van der Waals surface area contributed by atoms with Crippen molar-refractivity contribution in [1.29, 1.82) is 0 Å². The minimum Gasteiger partial charge on any atom is -0.381 e. The Morgan fingerprint density at radius 1 is 0.547 bits per heavy atom. The molecule has 86 heavy (non-hydrogen) atoms. The first kappa shape index (κ1) is 79.2. The molecule has 0 fully saturated rings. The van der Waals surface area contributed by atoms with Gasteiger partial charge in [-0.25, -0.2) is 0 Å². The summed E-state index contributed by atoms with van der Waals surface area (Å²) in [6.45, 7) is 42.0. The van der Waals surface area contributed by atoms with Crippen molar-refractivity contribution in [2.24, 2.45) is 43.8 Å². The second kappa shape index (κ2) is 46.3. The third-order valence-electron chi connectivity index (χ3n) is 14.2. The molecule has 0 unspecified atom stereocenters. The SMILES string of the molecule is CC(C)CC1=NCC=C1CN(C)CCN.CC1=NCC=C1CN(C)CCN.CCCC1=NCC=C1CN(C)CCN.CCCN(C)Cc1cn[nH]c1C(C)(C)C.CCCN(C)Cc1cn[nH]c1C(C)C.COC/C=C/c1[nH]ncc1CN(C)CCN. The fourth-order valence-corrected chi connectivity index (χ4v) is 9.81. The van der Waals surface area contributed by atoms with Gasteiger partial charge in [-0.05, 0) is 123 Å². The van der Waals surface area contributed by atoms with Gasteiger partial charge >= 0.3 is 0 Å². The predicted octanol–water partition coefficient (Wildman–Crippen LogP) is 8.02. The number of aromatic amines is 3. The van der Waals surface area contributed by atoms with Crippen LogP contribution in [-0.2, 0) is 29.8 Å². The number of ether oxygens (including phenoxy) is 1. The topological polar surface area (TPSA) is 256 Å². The highest BCUT2D eigenvalue weighted by atomic mass is 16.5. The normalized spacial score (nSPS) is 14.0. The van der Waals surface area contributed by atoms with Crippen molar-refractivity contribution >= 4 is 23.2 Å². The summed E-state index contributed by atoms with van der Waals surface area (Å²) in [5.74, 6) is 1.22. The van der Waals surface area contributed by atoms with Gasteiger partial charge in [0.05, 0.1) is 50.5 Å². The quantitative estimate of drug-likeness (QED) is 0.0313. The van der Waals surface area contributed by atoms with E-state index in [1.165, 1.54) is 81.2 Å². The standard InChI is InChI=1S/2C12H23N3.C11H20N4O.2C11H21N3.C9H17N3/c1-10(2)8-12-11(4-6-14-12)9-15(3)7-5-13;1-6-7-15(5)9-10-8-13-14-11(10)12(2,3)4;1-15(6-5-12)9-10-8-13-14-11(10)4-3-7-16-2;1-5-6-14(4)8-10-7-12-13-11(10)9(2)3;1-3-4-11-10(5-7-13-11)9-14(2)8-6-12;1-8-9(3-5-11-8)7-12(2)6-4-10/h4,10H,5-9,13H2,1-3H3;8H,6-7,9H2,1-5H3,(H,13,14);3-4,8H,5-7,9,12H2,1-2H3,(H,13,14);7,9H,5-6,8H2,1-4H3,(H,12,13);5H,3-4,6-9,12H2,1-2H3;3H,4-7,10H2,1-2H3/b;;4-3+;;;. The Labute approximate surface area is 523 Å². The van der Waals surface area contributed by atoms with Crippen LogP contribution in [0.15, 0.2) is 74.6 Å². The van der Waals surface area contributed by atoms with Gasteiger partial charge in [0, 0.05) is 149 Å². The third-order valence-corrected chi connectivity index (χ3v) is 14.2. The van der Waals surface area contributed by atoms with E-state index in [0.29, 0.717) is 25.0 Å². The van der Waals surface area contributed by atoms with Gasteiger partial charge in [-0.1, -0.05) is 100.0 Å². The van der Waals surface area contributed by atoms with Gasteiger partial charge in [0.25, 0.3) is 0 Å². The lowest BCUT2D eigenvalue weighted by Gasteiger charge is -2.21. The Hall–Kier alpha value is -4.84. The van der Waals surface area contributed by atoms with Crippen LogP contribution >= 0.6 is 0 Å². The highest BCUT2D eigenvalue weighted by Gasteiger charge is 2.21. The lowest BCUT2D eigenvalue weighted by molar-refractivity contribution is 0.234. The van der Waals surface area contributed by atoms with Crippen LogP contribution < -0.4 is 22.9 Å². The molecule has 0 aromatic carbocycles. The maximum Gasteiger partial charge on any atom is 0.0647 e. The first-order valence-corrected chi connectivity index (χ1v) is 31.8. The fraction of sp³-hybridized carbons (Fsp3) is 0.697. The molecule has 3 aromatic rings. The zero-order valence-electron chi connectivity index (χ0n) is 57.5. The first-order valence-electron chi connectivity index (χ1n) is 31.8. The Morgan fingerprint density at radius 3 is 1.45 bits per heavy atom. The Balaban J connectivity index is 0.000000517. The molecule has 0 atom stereocenters. The lowest BCUT2D eigenvalue weighted by atomic mass is 9.89. The molecular formula is C66H125N19O. The largest absolute Gasteiger partial charge is 0.381 e. The van der Waals surface area contributed by atoms with Crippen LogP contribution in [0.25, 0.3) is 6.08 Å². The van der Waals surface area contributed by atoms with Gasteiger partial charge in [0.15, 0.2) is 0 Å². The summed E-state index contributed by atoms with van der Waals surface area (Å²) in [6.07, 6.45) is 22.1. The number of aromatic nitrogens is 6. The number of H-pyrrole nitrogens is 3. The van der Waals surface area contributed by atoms with Crippen LogP contribution in [0.3, 0.4) is 0 Å². The van der Waals surface area contributed by atoms with Gasteiger partial charge in [-0.15, -0.1) is 0 Å². The number of rotatable bonds is 32. The average Bonchev–Trinajstić information content (AvgIpc) is 4.22. The molecule has 0 saturated carbocycles. The molecule has 11 N–H and O–H groups in total. The van der Waals surface area contributed by atoms with E-state index in [1.807, 2.05) is 37.8 Å². The Kier molecular flexibility index (Phi) is 42.6. The maximum atomic E-state index is 5.53. The summed E-state index contributed by atoms with van der Waals surface area (Å²) in [7, 11) is 14.3. The molecular weight excluding hydrogens is 1070 g/mol. The van der Waals surface area contributed by atoms with E-state index in [-0.39, 0.29) is 5.41 Å². The molecule has 490 valence electrons. The van der Waals surface area contributed by atoms with Crippen molar-refractivity contribution in [3.05, 3.63) is 93.4 Å². The number of hydrogen-bond acceptors (Lipinski definition) is 17. The van der Waals surface area contributed by atoms with E-state index in [1.54, 1.807) is 7.11 Å². The highest BCUT2D eigenvalue weighted by Crippen LogP contribution is 2.24. The Morgan fingerprint density at radius 2 is 0.977 bits per heavy atom. The fourth-order valence-electron chi connectivity index (χ4n) is 9.81. The van der Waals surface area contributed by atoms with Crippen molar-refractivity contribution in [3.63, 3.8) is 0 Å². The number of hydrogen-bond donors (Lipinski definition) is 7. The molecule has 3 aliphatic heterocycles. The van der Waals surface area contributed by atoms with E-state index in [4.69, 9.17) is 27.7 Å². The highest BCUT2D eigenvalue weighted by molar-refractivity contribution is 6.02. The monoisotopic (exact) mass is 1200 g/mol. The zero-order chi connectivity index (χ0) is 64.5. The summed E-state index contributed by atoms with van der Waals surface area (Å²) >= 11 is 0. The number of nitrogens with one attached hydrogen (secondary N) is 3. The Bertz CT molecular complexity index is 2430. The second-order valence-electron chi connectivity index (χ2n) is 24.8. The molecule has 0 aliphatic carbocycles. The van der Waals surface area contributed by atoms with Crippen LogP contribution in [0.1, 0.15) is 148 Å². The molecule has 0 bridgehead atoms. The lowest BCUT2D eigenvalue weighted by Crippen LogP contribution is -2.29.